The smallest absolute Gasteiger partial charge is 0.408 e. The van der Waals surface area contributed by atoms with Gasteiger partial charge >= 0.3 is 6.18 Å². The number of carbonyl (C=O) groups is 2. The molecule has 2 atom stereocenters. The molecule has 2 rings (SSSR count). The normalized spacial score (nSPS) is 22.1. The van der Waals surface area contributed by atoms with Crippen molar-refractivity contribution in [1.82, 2.24) is 5.32 Å². The van der Waals surface area contributed by atoms with E-state index in [0.717, 1.165) is 0 Å². The predicted octanol–water partition coefficient (Wildman–Crippen LogP) is 2.44. The summed E-state index contributed by atoms with van der Waals surface area (Å²) in [4.78, 5) is 23.7. The number of aromatic hydroxyl groups is 1. The number of carbonyl (C=O) groups excluding carboxylic acids is 2. The van der Waals surface area contributed by atoms with Crippen LogP contribution < -0.4 is 10.6 Å². The Bertz CT molecular complexity index is 607. The molecule has 9 heteroatoms. The highest BCUT2D eigenvalue weighted by Crippen LogP contribution is 2.30. The quantitative estimate of drug-likeness (QED) is 0.573. The second-order valence-electron chi connectivity index (χ2n) is 4.88. The summed E-state index contributed by atoms with van der Waals surface area (Å²) in [5.74, 6) is -3.30. The Morgan fingerprint density at radius 3 is 2.64 bits per heavy atom. The van der Waals surface area contributed by atoms with Crippen molar-refractivity contribution in [2.24, 2.45) is 5.92 Å². The fourth-order valence-corrected chi connectivity index (χ4v) is 2.30. The van der Waals surface area contributed by atoms with Gasteiger partial charge in [-0.15, -0.1) is 0 Å². The minimum atomic E-state index is -4.54. The molecule has 1 aliphatic heterocycles. The molecule has 0 aromatic heterocycles. The Kier molecular flexibility index (Phi) is 4.50. The zero-order chi connectivity index (χ0) is 16.5. The van der Waals surface area contributed by atoms with Crippen LogP contribution in [-0.4, -0.2) is 29.1 Å². The van der Waals surface area contributed by atoms with Crippen molar-refractivity contribution in [2.45, 2.75) is 25.1 Å². The minimum absolute atomic E-state index is 0.0109. The molecule has 3 N–H and O–H groups in total. The van der Waals surface area contributed by atoms with Crippen molar-refractivity contribution in [3.63, 3.8) is 0 Å². The zero-order valence-electron chi connectivity index (χ0n) is 11.1. The molecule has 0 aliphatic carbocycles. The number of hydrogen-bond acceptors (Lipinski definition) is 3. The molecular weight excluding hydrogens is 325 g/mol. The maximum Gasteiger partial charge on any atom is 0.408 e. The number of halogens is 4. The molecule has 1 heterocycles. The summed E-state index contributed by atoms with van der Waals surface area (Å²) in [6.07, 6.45) is -5.15. The van der Waals surface area contributed by atoms with E-state index >= 15 is 0 Å². The minimum Gasteiger partial charge on any atom is -0.506 e. The molecule has 1 saturated heterocycles. The zero-order valence-corrected chi connectivity index (χ0v) is 11.8. The Balaban J connectivity index is 2.05. The number of nitrogens with one attached hydrogen (secondary N) is 2. The van der Waals surface area contributed by atoms with Gasteiger partial charge in [0.2, 0.25) is 11.8 Å². The van der Waals surface area contributed by atoms with Crippen molar-refractivity contribution in [3.8, 4) is 5.75 Å². The molecular formula is C13H12ClF3N2O3. The molecule has 2 amide bonds. The lowest BCUT2D eigenvalue weighted by Crippen LogP contribution is -2.53. The predicted molar refractivity (Wildman–Crippen MR) is 72.5 cm³/mol. The third kappa shape index (κ3) is 3.62. The molecule has 120 valence electrons. The second kappa shape index (κ2) is 6.04. The second-order valence-corrected chi connectivity index (χ2v) is 5.32. The van der Waals surface area contributed by atoms with Crippen LogP contribution in [0.5, 0.6) is 5.75 Å². The van der Waals surface area contributed by atoms with Gasteiger partial charge < -0.3 is 15.7 Å². The van der Waals surface area contributed by atoms with Crippen LogP contribution in [0.1, 0.15) is 12.8 Å². The first-order valence-electron chi connectivity index (χ1n) is 6.35. The largest absolute Gasteiger partial charge is 0.506 e. The number of phenolic OH excluding ortho intramolecular Hbond substituents is 1. The van der Waals surface area contributed by atoms with Crippen LogP contribution in [0.2, 0.25) is 5.02 Å². The topological polar surface area (TPSA) is 78.4 Å². The van der Waals surface area contributed by atoms with Gasteiger partial charge in [0, 0.05) is 5.02 Å². The van der Waals surface area contributed by atoms with Gasteiger partial charge in [-0.25, -0.2) is 0 Å². The van der Waals surface area contributed by atoms with E-state index < -0.39 is 30.0 Å². The molecule has 0 saturated carbocycles. The van der Waals surface area contributed by atoms with Crippen LogP contribution in [-0.2, 0) is 9.59 Å². The monoisotopic (exact) mass is 336 g/mol. The van der Waals surface area contributed by atoms with Crippen molar-refractivity contribution < 1.29 is 27.9 Å². The Hall–Kier alpha value is -1.96. The molecule has 1 fully saturated rings. The molecule has 1 aromatic rings. The van der Waals surface area contributed by atoms with Crippen molar-refractivity contribution in [2.75, 3.05) is 5.32 Å². The van der Waals surface area contributed by atoms with Crippen LogP contribution in [0.4, 0.5) is 18.9 Å². The summed E-state index contributed by atoms with van der Waals surface area (Å²) in [7, 11) is 0. The van der Waals surface area contributed by atoms with Crippen LogP contribution in [0.25, 0.3) is 0 Å². The van der Waals surface area contributed by atoms with Gasteiger partial charge in [-0.1, -0.05) is 11.6 Å². The SMILES string of the molecule is O=C(Nc1cc(Cl)ccc1O)[C@H]1CC[C@H](C(F)(F)F)NC1=O. The van der Waals surface area contributed by atoms with Gasteiger partial charge in [-0.3, -0.25) is 9.59 Å². The third-order valence-corrected chi connectivity index (χ3v) is 3.54. The first kappa shape index (κ1) is 16.4. The molecule has 5 nitrogen and oxygen atoms in total. The number of hydrogen-bond donors (Lipinski definition) is 3. The Morgan fingerprint density at radius 2 is 2.05 bits per heavy atom. The summed E-state index contributed by atoms with van der Waals surface area (Å²) in [5.41, 5.74) is -0.0109. The van der Waals surface area contributed by atoms with E-state index in [-0.39, 0.29) is 29.3 Å². The summed E-state index contributed by atoms with van der Waals surface area (Å²) < 4.78 is 37.6. The number of phenols is 1. The van der Waals surface area contributed by atoms with E-state index in [0.29, 0.717) is 0 Å². The van der Waals surface area contributed by atoms with E-state index in [1.54, 1.807) is 5.32 Å². The highest BCUT2D eigenvalue weighted by molar-refractivity contribution is 6.31. The Labute approximate surface area is 128 Å². The van der Waals surface area contributed by atoms with Crippen molar-refractivity contribution in [3.05, 3.63) is 23.2 Å². The molecule has 1 aromatic carbocycles. The van der Waals surface area contributed by atoms with Gasteiger partial charge in [-0.2, -0.15) is 13.2 Å². The lowest BCUT2D eigenvalue weighted by molar-refractivity contribution is -0.170. The van der Waals surface area contributed by atoms with Crippen LogP contribution in [0.3, 0.4) is 0 Å². The van der Waals surface area contributed by atoms with E-state index in [9.17, 15) is 27.9 Å². The fraction of sp³-hybridized carbons (Fsp3) is 0.385. The molecule has 0 spiro atoms. The van der Waals surface area contributed by atoms with Crippen LogP contribution in [0, 0.1) is 5.92 Å². The summed E-state index contributed by atoms with van der Waals surface area (Å²) in [6, 6.07) is 1.98. The summed E-state index contributed by atoms with van der Waals surface area (Å²) in [5, 5.41) is 13.9. The fourth-order valence-electron chi connectivity index (χ4n) is 2.13. The standard InChI is InChI=1S/C13H12ClF3N2O3/c14-6-1-3-9(20)8(5-6)18-11(21)7-2-4-10(13(15,16)17)19-12(7)22/h1,3,5,7,10,20H,2,4H2,(H,18,21)(H,19,22)/t7-,10-/m1/s1. The van der Waals surface area contributed by atoms with E-state index in [2.05, 4.69) is 5.32 Å². The van der Waals surface area contributed by atoms with Crippen LogP contribution >= 0.6 is 11.6 Å². The maximum absolute atomic E-state index is 12.5. The van der Waals surface area contributed by atoms with Gasteiger partial charge in [0.25, 0.3) is 0 Å². The van der Waals surface area contributed by atoms with E-state index in [4.69, 9.17) is 11.6 Å². The Morgan fingerprint density at radius 1 is 1.36 bits per heavy atom. The van der Waals surface area contributed by atoms with Gasteiger partial charge in [0.1, 0.15) is 17.7 Å². The molecule has 22 heavy (non-hydrogen) atoms. The number of piperidine rings is 1. The van der Waals surface area contributed by atoms with Crippen LogP contribution in [0.15, 0.2) is 18.2 Å². The van der Waals surface area contributed by atoms with Crippen molar-refractivity contribution >= 4 is 29.1 Å². The summed E-state index contributed by atoms with van der Waals surface area (Å²) in [6.45, 7) is 0. The maximum atomic E-state index is 12.5. The van der Waals surface area contributed by atoms with Gasteiger partial charge in [0.15, 0.2) is 0 Å². The highest BCUT2D eigenvalue weighted by Gasteiger charge is 2.45. The molecule has 0 unspecified atom stereocenters. The van der Waals surface area contributed by atoms with E-state index in [1.165, 1.54) is 18.2 Å². The average molecular weight is 337 g/mol. The first-order valence-corrected chi connectivity index (χ1v) is 6.72. The highest BCUT2D eigenvalue weighted by atomic mass is 35.5. The third-order valence-electron chi connectivity index (χ3n) is 3.31. The number of benzene rings is 1. The van der Waals surface area contributed by atoms with Gasteiger partial charge in [-0.05, 0) is 31.0 Å². The number of alkyl halides is 3. The first-order chi connectivity index (χ1) is 10.2. The summed E-state index contributed by atoms with van der Waals surface area (Å²) >= 11 is 5.72. The average Bonchev–Trinajstić information content (AvgIpc) is 2.41. The molecule has 1 aliphatic rings. The number of anilines is 1. The van der Waals surface area contributed by atoms with Crippen molar-refractivity contribution in [1.29, 1.82) is 0 Å². The lowest BCUT2D eigenvalue weighted by Gasteiger charge is -2.29. The lowest BCUT2D eigenvalue weighted by atomic mass is 9.92. The number of amides is 2. The molecule has 0 radical (unpaired) electrons. The van der Waals surface area contributed by atoms with Gasteiger partial charge in [0.05, 0.1) is 5.69 Å². The molecule has 0 bridgehead atoms. The number of rotatable bonds is 2. The van der Waals surface area contributed by atoms with E-state index in [1.807, 2.05) is 0 Å².